The summed E-state index contributed by atoms with van der Waals surface area (Å²) in [6.45, 7) is 12.4. The Labute approximate surface area is 192 Å². The lowest BCUT2D eigenvalue weighted by Gasteiger charge is -2.36. The number of rotatable bonds is 5. The van der Waals surface area contributed by atoms with E-state index in [1.807, 2.05) is 15.8 Å². The highest BCUT2D eigenvalue weighted by molar-refractivity contribution is 5.92. The molecule has 4 heterocycles. The van der Waals surface area contributed by atoms with E-state index >= 15 is 0 Å². The van der Waals surface area contributed by atoms with E-state index in [0.717, 1.165) is 65.2 Å². The molecule has 0 saturated carbocycles. The molecule has 0 spiro atoms. The Morgan fingerprint density at radius 3 is 2.27 bits per heavy atom. The number of hydrogen-bond acceptors (Lipinski definition) is 6. The summed E-state index contributed by atoms with van der Waals surface area (Å²) in [7, 11) is 0. The van der Waals surface area contributed by atoms with Crippen LogP contribution >= 0.6 is 24.8 Å². The molecular weight excluding hydrogens is 425 g/mol. The fourth-order valence-corrected chi connectivity index (χ4v) is 4.91. The van der Waals surface area contributed by atoms with Gasteiger partial charge in [-0.2, -0.15) is 0 Å². The summed E-state index contributed by atoms with van der Waals surface area (Å²) in [5.41, 5.74) is 0.492. The highest BCUT2D eigenvalue weighted by atomic mass is 35.5. The van der Waals surface area contributed by atoms with Crippen molar-refractivity contribution in [3.05, 3.63) is 11.9 Å². The average Bonchev–Trinajstić information content (AvgIpc) is 3.34. The van der Waals surface area contributed by atoms with E-state index in [9.17, 15) is 4.79 Å². The summed E-state index contributed by atoms with van der Waals surface area (Å²) in [6, 6.07) is 1.78. The van der Waals surface area contributed by atoms with Crippen LogP contribution in [0, 0.1) is 0 Å². The first kappa shape index (κ1) is 25.3. The van der Waals surface area contributed by atoms with Crippen LogP contribution in [0.4, 0.5) is 0 Å². The second kappa shape index (κ2) is 11.6. The number of carbonyl (C=O) groups excluding carboxylic acids is 1. The molecule has 0 aromatic carbocycles. The molecule has 30 heavy (non-hydrogen) atoms. The lowest BCUT2D eigenvalue weighted by Crippen LogP contribution is -2.51. The molecular formula is C20H37Cl2N7O. The van der Waals surface area contributed by atoms with Crippen LogP contribution in [0.1, 0.15) is 56.1 Å². The van der Waals surface area contributed by atoms with Crippen LogP contribution in [0.25, 0.3) is 0 Å². The van der Waals surface area contributed by atoms with Gasteiger partial charge in [-0.05, 0) is 52.6 Å². The minimum absolute atomic E-state index is 0. The number of nitrogens with zero attached hydrogens (tertiary/aromatic N) is 6. The fraction of sp³-hybridized carbons (Fsp3) is 0.850. The molecule has 3 saturated heterocycles. The van der Waals surface area contributed by atoms with Gasteiger partial charge in [0.25, 0.3) is 5.91 Å². The number of likely N-dealkylation sites (tertiary alicyclic amines) is 1. The standard InChI is InChI=1S/C20H35N7O.2ClH/c1-16-3-4-17(2)26(16)14-11-24-9-12-25(13-10-24)20(28)19-15-27(23-22-19)18-5-7-21-8-6-18;;/h15-18,21H,3-14H2,1-2H3;2*1H. The van der Waals surface area contributed by atoms with Crippen molar-refractivity contribution < 1.29 is 4.79 Å². The van der Waals surface area contributed by atoms with Crippen LogP contribution in [0.15, 0.2) is 6.20 Å². The van der Waals surface area contributed by atoms with Crippen LogP contribution in [-0.2, 0) is 0 Å². The zero-order valence-electron chi connectivity index (χ0n) is 18.2. The maximum Gasteiger partial charge on any atom is 0.276 e. The van der Waals surface area contributed by atoms with Crippen LogP contribution in [0.2, 0.25) is 0 Å². The van der Waals surface area contributed by atoms with Gasteiger partial charge in [-0.25, -0.2) is 4.68 Å². The minimum atomic E-state index is 0. The predicted octanol–water partition coefficient (Wildman–Crippen LogP) is 1.68. The molecule has 10 heteroatoms. The van der Waals surface area contributed by atoms with Gasteiger partial charge in [0.2, 0.25) is 0 Å². The molecule has 1 aromatic rings. The van der Waals surface area contributed by atoms with Gasteiger partial charge in [0.15, 0.2) is 5.69 Å². The van der Waals surface area contributed by atoms with Crippen LogP contribution in [0.3, 0.4) is 0 Å². The molecule has 0 aliphatic carbocycles. The normalized spacial score (nSPS) is 26.3. The molecule has 0 radical (unpaired) electrons. The third kappa shape index (κ3) is 5.85. The fourth-order valence-electron chi connectivity index (χ4n) is 4.91. The Kier molecular flexibility index (Phi) is 9.81. The van der Waals surface area contributed by atoms with E-state index in [4.69, 9.17) is 0 Å². The first-order valence-corrected chi connectivity index (χ1v) is 11.0. The quantitative estimate of drug-likeness (QED) is 0.718. The van der Waals surface area contributed by atoms with Gasteiger partial charge in [0, 0.05) is 51.4 Å². The minimum Gasteiger partial charge on any atom is -0.335 e. The number of amides is 1. The molecule has 8 nitrogen and oxygen atoms in total. The van der Waals surface area contributed by atoms with E-state index < -0.39 is 0 Å². The van der Waals surface area contributed by atoms with Gasteiger partial charge in [-0.15, -0.1) is 29.9 Å². The van der Waals surface area contributed by atoms with E-state index in [-0.39, 0.29) is 30.7 Å². The van der Waals surface area contributed by atoms with Crippen molar-refractivity contribution in [3.8, 4) is 0 Å². The number of hydrogen-bond donors (Lipinski definition) is 1. The van der Waals surface area contributed by atoms with Gasteiger partial charge in [-0.1, -0.05) is 5.21 Å². The second-order valence-electron chi connectivity index (χ2n) is 8.71. The van der Waals surface area contributed by atoms with Crippen molar-refractivity contribution >= 4 is 30.7 Å². The van der Waals surface area contributed by atoms with Crippen LogP contribution in [0.5, 0.6) is 0 Å². The largest absolute Gasteiger partial charge is 0.335 e. The van der Waals surface area contributed by atoms with Gasteiger partial charge in [-0.3, -0.25) is 14.6 Å². The molecule has 2 unspecified atom stereocenters. The Morgan fingerprint density at radius 1 is 1.00 bits per heavy atom. The Bertz CT molecular complexity index is 649. The number of aromatic nitrogens is 3. The number of piperazine rings is 1. The molecule has 1 aromatic heterocycles. The molecule has 2 atom stereocenters. The molecule has 3 aliphatic rings. The van der Waals surface area contributed by atoms with Crippen molar-refractivity contribution in [3.63, 3.8) is 0 Å². The zero-order chi connectivity index (χ0) is 19.5. The average molecular weight is 462 g/mol. The summed E-state index contributed by atoms with van der Waals surface area (Å²) < 4.78 is 1.89. The summed E-state index contributed by atoms with van der Waals surface area (Å²) >= 11 is 0. The van der Waals surface area contributed by atoms with E-state index in [0.29, 0.717) is 23.8 Å². The summed E-state index contributed by atoms with van der Waals surface area (Å²) in [6.07, 6.45) is 6.58. The van der Waals surface area contributed by atoms with Gasteiger partial charge in [0.05, 0.1) is 12.2 Å². The molecule has 172 valence electrons. The monoisotopic (exact) mass is 461 g/mol. The third-order valence-electron chi connectivity index (χ3n) is 6.88. The molecule has 4 rings (SSSR count). The molecule has 1 amide bonds. The lowest BCUT2D eigenvalue weighted by atomic mass is 10.1. The number of halogens is 2. The van der Waals surface area contributed by atoms with Crippen molar-refractivity contribution in [1.82, 2.24) is 35.0 Å². The maximum absolute atomic E-state index is 12.8. The van der Waals surface area contributed by atoms with Crippen molar-refractivity contribution in [2.75, 3.05) is 52.4 Å². The van der Waals surface area contributed by atoms with Gasteiger partial charge in [0.1, 0.15) is 0 Å². The highest BCUT2D eigenvalue weighted by Crippen LogP contribution is 2.23. The number of piperidine rings is 1. The van der Waals surface area contributed by atoms with Crippen LogP contribution < -0.4 is 5.32 Å². The molecule has 3 aliphatic heterocycles. The number of carbonyl (C=O) groups is 1. The summed E-state index contributed by atoms with van der Waals surface area (Å²) in [5, 5.41) is 11.8. The van der Waals surface area contributed by atoms with E-state index in [1.54, 1.807) is 0 Å². The summed E-state index contributed by atoms with van der Waals surface area (Å²) in [4.78, 5) is 19.9. The predicted molar refractivity (Wildman–Crippen MR) is 123 cm³/mol. The van der Waals surface area contributed by atoms with Crippen molar-refractivity contribution in [2.45, 2.75) is 57.7 Å². The SMILES string of the molecule is CC1CCC(C)N1CCN1CCN(C(=O)c2cn(C3CCNCC3)nn2)CC1.Cl.Cl. The number of nitrogens with one attached hydrogen (secondary N) is 1. The smallest absolute Gasteiger partial charge is 0.276 e. The lowest BCUT2D eigenvalue weighted by molar-refractivity contribution is 0.0609. The maximum atomic E-state index is 12.8. The second-order valence-corrected chi connectivity index (χ2v) is 8.71. The van der Waals surface area contributed by atoms with Gasteiger partial charge >= 0.3 is 0 Å². The van der Waals surface area contributed by atoms with Crippen molar-refractivity contribution in [1.29, 1.82) is 0 Å². The Balaban J connectivity index is 0.00000160. The first-order valence-electron chi connectivity index (χ1n) is 11.0. The molecule has 3 fully saturated rings. The molecule has 1 N–H and O–H groups in total. The van der Waals surface area contributed by atoms with Gasteiger partial charge < -0.3 is 10.2 Å². The summed E-state index contributed by atoms with van der Waals surface area (Å²) in [5.74, 6) is 0.0293. The van der Waals surface area contributed by atoms with E-state index in [1.165, 1.54) is 12.8 Å². The first-order chi connectivity index (χ1) is 13.6. The molecule has 0 bridgehead atoms. The zero-order valence-corrected chi connectivity index (χ0v) is 19.8. The topological polar surface area (TPSA) is 69.5 Å². The Morgan fingerprint density at radius 2 is 1.63 bits per heavy atom. The Hall–Kier alpha value is -0.930. The third-order valence-corrected chi connectivity index (χ3v) is 6.88. The highest BCUT2D eigenvalue weighted by Gasteiger charge is 2.29. The van der Waals surface area contributed by atoms with E-state index in [2.05, 4.69) is 39.3 Å². The van der Waals surface area contributed by atoms with Crippen LogP contribution in [-0.4, -0.2) is 100 Å². The van der Waals surface area contributed by atoms with Crippen molar-refractivity contribution in [2.24, 2.45) is 0 Å².